The van der Waals surface area contributed by atoms with Gasteiger partial charge in [0, 0.05) is 6.61 Å². The number of rotatable bonds is 2. The summed E-state index contributed by atoms with van der Waals surface area (Å²) in [6.07, 6.45) is -1.62. The molecule has 0 aliphatic carbocycles. The molecule has 0 amide bonds. The Hall–Kier alpha value is -0.720. The average Bonchev–Trinajstić information content (AvgIpc) is 2.04. The number of hydrogen-bond acceptors (Lipinski definition) is 5. The topological polar surface area (TPSA) is 71.7 Å². The Labute approximate surface area is 70.1 Å². The fourth-order valence-corrected chi connectivity index (χ4v) is 0.954. The van der Waals surface area contributed by atoms with E-state index < -0.39 is 12.6 Å². The third-order valence-electron chi connectivity index (χ3n) is 1.46. The van der Waals surface area contributed by atoms with Crippen molar-refractivity contribution in [3.63, 3.8) is 0 Å². The summed E-state index contributed by atoms with van der Waals surface area (Å²) in [4.78, 5) is 3.95. The van der Waals surface area contributed by atoms with Gasteiger partial charge in [0.2, 0.25) is 6.35 Å². The zero-order valence-electron chi connectivity index (χ0n) is 6.88. The van der Waals surface area contributed by atoms with Crippen LogP contribution in [0.1, 0.15) is 13.3 Å². The van der Waals surface area contributed by atoms with E-state index in [1.54, 1.807) is 0 Å². The van der Waals surface area contributed by atoms with Gasteiger partial charge in [0.25, 0.3) is 0 Å². The lowest BCUT2D eigenvalue weighted by Gasteiger charge is -2.23. The van der Waals surface area contributed by atoms with Crippen molar-refractivity contribution < 1.29 is 9.13 Å². The van der Waals surface area contributed by atoms with Gasteiger partial charge in [-0.3, -0.25) is 0 Å². The third kappa shape index (κ3) is 2.40. The van der Waals surface area contributed by atoms with Crippen molar-refractivity contribution in [1.82, 2.24) is 10.7 Å². The maximum absolute atomic E-state index is 12.8. The first-order valence-electron chi connectivity index (χ1n) is 3.81. The van der Waals surface area contributed by atoms with E-state index >= 15 is 0 Å². The predicted molar refractivity (Wildman–Crippen MR) is 42.8 cm³/mol. The van der Waals surface area contributed by atoms with Gasteiger partial charge >= 0.3 is 0 Å². The van der Waals surface area contributed by atoms with Gasteiger partial charge in [0.15, 0.2) is 6.30 Å². The van der Waals surface area contributed by atoms with E-state index in [1.165, 1.54) is 0 Å². The molecule has 0 saturated carbocycles. The summed E-state index contributed by atoms with van der Waals surface area (Å²) < 4.78 is 17.9. The fourth-order valence-electron chi connectivity index (χ4n) is 0.954. The number of halogens is 1. The Morgan fingerprint density at radius 3 is 3.25 bits per heavy atom. The molecule has 0 saturated heterocycles. The first kappa shape index (κ1) is 9.37. The van der Waals surface area contributed by atoms with Crippen LogP contribution in [-0.4, -0.2) is 25.1 Å². The normalized spacial score (nSPS) is 29.8. The van der Waals surface area contributed by atoms with Crippen LogP contribution in [0.15, 0.2) is 4.99 Å². The zero-order valence-corrected chi connectivity index (χ0v) is 6.88. The lowest BCUT2D eigenvalue weighted by atomic mass is 10.3. The molecule has 0 aromatic carbocycles. The zero-order chi connectivity index (χ0) is 8.97. The van der Waals surface area contributed by atoms with E-state index in [0.29, 0.717) is 12.4 Å². The lowest BCUT2D eigenvalue weighted by molar-refractivity contribution is 0.0133. The van der Waals surface area contributed by atoms with Crippen LogP contribution >= 0.6 is 0 Å². The molecule has 12 heavy (non-hydrogen) atoms. The van der Waals surface area contributed by atoms with E-state index in [2.05, 4.69) is 15.7 Å². The molecule has 1 heterocycles. The quantitative estimate of drug-likeness (QED) is 0.300. The Kier molecular flexibility index (Phi) is 3.39. The van der Waals surface area contributed by atoms with Crippen molar-refractivity contribution in [2.24, 2.45) is 10.8 Å². The highest BCUT2D eigenvalue weighted by molar-refractivity contribution is 5.82. The largest absolute Gasteiger partial charge is 0.344 e. The molecule has 0 radical (unpaired) electrons. The molecule has 0 bridgehead atoms. The standard InChI is InChI=1S/C6H13FN4O/c1-2-12-6-9-4(7)3-5(10-6)11-8/h4,6,9H,2-3,8H2,1H3,(H,10,11). The molecule has 70 valence electrons. The third-order valence-corrected chi connectivity index (χ3v) is 1.46. The number of hydrogen-bond donors (Lipinski definition) is 3. The SMILES string of the molecule is CCOC1N=C(NN)CC(F)N1. The molecule has 0 aromatic heterocycles. The first-order valence-corrected chi connectivity index (χ1v) is 3.81. The Balaban J connectivity index is 2.52. The van der Waals surface area contributed by atoms with Gasteiger partial charge in [0.1, 0.15) is 5.84 Å². The molecule has 5 nitrogen and oxygen atoms in total. The summed E-state index contributed by atoms with van der Waals surface area (Å²) in [6, 6.07) is 0. The van der Waals surface area contributed by atoms with Crippen LogP contribution in [-0.2, 0) is 4.74 Å². The van der Waals surface area contributed by atoms with Crippen LogP contribution in [0, 0.1) is 0 Å². The number of hydrazine groups is 1. The summed E-state index contributed by atoms with van der Waals surface area (Å²) >= 11 is 0. The second-order valence-electron chi connectivity index (χ2n) is 2.37. The van der Waals surface area contributed by atoms with Crippen LogP contribution in [0.3, 0.4) is 0 Å². The number of alkyl halides is 1. The van der Waals surface area contributed by atoms with Crippen molar-refractivity contribution in [3.05, 3.63) is 0 Å². The molecule has 2 unspecified atom stereocenters. The minimum absolute atomic E-state index is 0.153. The highest BCUT2D eigenvalue weighted by atomic mass is 19.1. The Bertz CT molecular complexity index is 175. The number of nitrogens with one attached hydrogen (secondary N) is 2. The summed E-state index contributed by atoms with van der Waals surface area (Å²) in [5.41, 5.74) is 2.31. The number of amidine groups is 1. The fraction of sp³-hybridized carbons (Fsp3) is 0.833. The first-order chi connectivity index (χ1) is 5.76. The maximum atomic E-state index is 12.8. The molecule has 1 aliphatic heterocycles. The predicted octanol–water partition coefficient (Wildman–Crippen LogP) is -0.543. The number of nitrogens with two attached hydrogens (primary N) is 1. The minimum atomic E-state index is -1.15. The van der Waals surface area contributed by atoms with Gasteiger partial charge in [-0.15, -0.1) is 0 Å². The molecule has 1 aliphatic rings. The Morgan fingerprint density at radius 1 is 1.92 bits per heavy atom. The van der Waals surface area contributed by atoms with E-state index in [9.17, 15) is 4.39 Å². The van der Waals surface area contributed by atoms with Crippen LogP contribution in [0.25, 0.3) is 0 Å². The summed E-state index contributed by atoms with van der Waals surface area (Å²) in [5, 5.41) is 2.51. The lowest BCUT2D eigenvalue weighted by Crippen LogP contribution is -2.47. The van der Waals surface area contributed by atoms with Crippen molar-refractivity contribution >= 4 is 5.84 Å². The van der Waals surface area contributed by atoms with E-state index in [1.807, 2.05) is 6.92 Å². The van der Waals surface area contributed by atoms with Gasteiger partial charge in [0.05, 0.1) is 6.42 Å². The second kappa shape index (κ2) is 4.34. The van der Waals surface area contributed by atoms with Crippen molar-refractivity contribution in [1.29, 1.82) is 0 Å². The van der Waals surface area contributed by atoms with Crippen LogP contribution in [0.2, 0.25) is 0 Å². The molecule has 1 rings (SSSR count). The van der Waals surface area contributed by atoms with Crippen molar-refractivity contribution in [3.8, 4) is 0 Å². The van der Waals surface area contributed by atoms with Crippen LogP contribution < -0.4 is 16.6 Å². The smallest absolute Gasteiger partial charge is 0.208 e. The molecule has 0 fully saturated rings. The number of nitrogens with zero attached hydrogens (tertiary/aromatic N) is 1. The summed E-state index contributed by atoms with van der Waals surface area (Å²) in [5.74, 6) is 5.51. The molecule has 0 spiro atoms. The van der Waals surface area contributed by atoms with Gasteiger partial charge in [-0.25, -0.2) is 20.5 Å². The molecule has 2 atom stereocenters. The maximum Gasteiger partial charge on any atom is 0.208 e. The molecular formula is C6H13FN4O. The summed E-state index contributed by atoms with van der Waals surface area (Å²) in [6.45, 7) is 2.29. The average molecular weight is 176 g/mol. The number of aliphatic imine (C=N–C) groups is 1. The highest BCUT2D eigenvalue weighted by Crippen LogP contribution is 2.05. The van der Waals surface area contributed by atoms with Gasteiger partial charge in [-0.1, -0.05) is 0 Å². The second-order valence-corrected chi connectivity index (χ2v) is 2.37. The Morgan fingerprint density at radius 2 is 2.67 bits per heavy atom. The summed E-state index contributed by atoms with van der Waals surface area (Å²) in [7, 11) is 0. The molecule has 0 aromatic rings. The monoisotopic (exact) mass is 176 g/mol. The number of ether oxygens (including phenoxy) is 1. The highest BCUT2D eigenvalue weighted by Gasteiger charge is 2.21. The molecule has 4 N–H and O–H groups in total. The van der Waals surface area contributed by atoms with E-state index in [-0.39, 0.29) is 6.42 Å². The molecular weight excluding hydrogens is 163 g/mol. The van der Waals surface area contributed by atoms with Crippen molar-refractivity contribution in [2.45, 2.75) is 26.0 Å². The van der Waals surface area contributed by atoms with Crippen LogP contribution in [0.5, 0.6) is 0 Å². The minimum Gasteiger partial charge on any atom is -0.344 e. The van der Waals surface area contributed by atoms with Crippen molar-refractivity contribution in [2.75, 3.05) is 6.61 Å². The van der Waals surface area contributed by atoms with Gasteiger partial charge in [-0.05, 0) is 6.92 Å². The van der Waals surface area contributed by atoms with Crippen LogP contribution in [0.4, 0.5) is 4.39 Å². The van der Waals surface area contributed by atoms with Gasteiger partial charge < -0.3 is 10.2 Å². The van der Waals surface area contributed by atoms with E-state index in [4.69, 9.17) is 10.6 Å². The van der Waals surface area contributed by atoms with E-state index in [0.717, 1.165) is 0 Å². The van der Waals surface area contributed by atoms with Gasteiger partial charge in [-0.2, -0.15) is 0 Å². The molecule has 6 heteroatoms.